The number of rotatable bonds is 5. The molecule has 0 aliphatic heterocycles. The fourth-order valence-electron chi connectivity index (χ4n) is 8.33. The van der Waals surface area contributed by atoms with E-state index in [0.717, 1.165) is 83.3 Å². The monoisotopic (exact) mass is 768 g/mol. The van der Waals surface area contributed by atoms with Crippen LogP contribution in [0.3, 0.4) is 0 Å². The second-order valence-corrected chi connectivity index (χ2v) is 17.5. The van der Waals surface area contributed by atoms with Crippen LogP contribution in [-0.4, -0.2) is 24.6 Å². The van der Waals surface area contributed by atoms with E-state index in [2.05, 4.69) is 149 Å². The quantitative estimate of drug-likeness (QED) is 0.189. The maximum atomic E-state index is 11.7. The predicted molar refractivity (Wildman–Crippen MR) is 242 cm³/mol. The van der Waals surface area contributed by atoms with E-state index < -0.39 is 0 Å². The third-order valence-corrected chi connectivity index (χ3v) is 11.5. The topological polar surface area (TPSA) is 77.0 Å². The number of benzene rings is 7. The van der Waals surface area contributed by atoms with Gasteiger partial charge in [0.1, 0.15) is 22.7 Å². The van der Waals surface area contributed by atoms with Crippen molar-refractivity contribution in [2.75, 3.05) is 0 Å². The van der Waals surface area contributed by atoms with Gasteiger partial charge in [-0.15, -0.1) is 0 Å². The smallest absolute Gasteiger partial charge is 0.145 e. The summed E-state index contributed by atoms with van der Waals surface area (Å²) in [7, 11) is 0. The lowest BCUT2D eigenvalue weighted by atomic mass is 9.84. The molecule has 0 aliphatic carbocycles. The van der Waals surface area contributed by atoms with Crippen LogP contribution in [0.4, 0.5) is 0 Å². The van der Waals surface area contributed by atoms with Gasteiger partial charge in [-0.05, 0) is 81.6 Å². The van der Waals surface area contributed by atoms with Crippen molar-refractivity contribution in [2.24, 2.45) is 0 Å². The summed E-state index contributed by atoms with van der Waals surface area (Å²) in [5.41, 5.74) is 14.9. The lowest BCUT2D eigenvalue weighted by Crippen LogP contribution is -2.12. The van der Waals surface area contributed by atoms with Gasteiger partial charge in [0.25, 0.3) is 0 Å². The Balaban J connectivity index is 1.27. The molecule has 59 heavy (non-hydrogen) atoms. The molecule has 0 radical (unpaired) electrons. The Hall–Kier alpha value is -7.05. The van der Waals surface area contributed by atoms with E-state index in [1.165, 1.54) is 11.1 Å². The fraction of sp³-hybridized carbons (Fsp3) is 0.151. The Morgan fingerprint density at radius 2 is 1.22 bits per heavy atom. The summed E-state index contributed by atoms with van der Waals surface area (Å²) in [6.07, 6.45) is 3.52. The molecule has 0 unspecified atom stereocenters. The molecule has 6 heteroatoms. The highest BCUT2D eigenvalue weighted by Gasteiger charge is 2.25. The summed E-state index contributed by atoms with van der Waals surface area (Å²) >= 11 is 0. The van der Waals surface area contributed by atoms with Crippen LogP contribution in [0.5, 0.6) is 5.75 Å². The van der Waals surface area contributed by atoms with Crippen molar-refractivity contribution in [1.29, 1.82) is 0 Å². The predicted octanol–water partition coefficient (Wildman–Crippen LogP) is 13.8. The number of phenols is 1. The molecule has 0 atom stereocenters. The van der Waals surface area contributed by atoms with Crippen molar-refractivity contribution in [2.45, 2.75) is 52.4 Å². The summed E-state index contributed by atoms with van der Waals surface area (Å²) in [6.45, 7) is 13.4. The number of aromatic hydroxyl groups is 1. The van der Waals surface area contributed by atoms with Crippen LogP contribution in [-0.2, 0) is 10.8 Å². The Bertz CT molecular complexity index is 3250. The summed E-state index contributed by atoms with van der Waals surface area (Å²) in [6, 6.07) is 48.4. The molecule has 3 aromatic heterocycles. The average molecular weight is 769 g/mol. The molecular weight excluding hydrogens is 725 g/mol. The number of phenolic OH excluding ortho intramolecular Hbond substituents is 1. The number of hydrogen-bond donors (Lipinski definition) is 1. The van der Waals surface area contributed by atoms with Crippen LogP contribution in [0.2, 0.25) is 0 Å². The van der Waals surface area contributed by atoms with Gasteiger partial charge in [-0.25, -0.2) is 4.98 Å². The van der Waals surface area contributed by atoms with E-state index in [0.29, 0.717) is 11.1 Å². The molecule has 6 nitrogen and oxygen atoms in total. The third-order valence-electron chi connectivity index (χ3n) is 11.5. The van der Waals surface area contributed by atoms with Crippen LogP contribution in [0.1, 0.15) is 52.7 Å². The SMILES string of the molecule is CC(C)(C)c1ccc(-n2c(-c3cccc(-c4cc(C(C)(C)C)cc5nccnc45)c3)nc3c(-c4cc5c(cc4O)oc4ccccc45)cccc32)c(-c2ccccc2)c1. The van der Waals surface area contributed by atoms with Gasteiger partial charge < -0.3 is 9.52 Å². The van der Waals surface area contributed by atoms with Gasteiger partial charge >= 0.3 is 0 Å². The molecule has 288 valence electrons. The number of furan rings is 1. The number of fused-ring (bicyclic) bond motifs is 5. The summed E-state index contributed by atoms with van der Waals surface area (Å²) in [5, 5.41) is 13.6. The summed E-state index contributed by atoms with van der Waals surface area (Å²) < 4.78 is 8.44. The molecule has 0 saturated carbocycles. The Labute approximate surface area is 343 Å². The number of imidazole rings is 1. The molecule has 3 heterocycles. The highest BCUT2D eigenvalue weighted by atomic mass is 16.3. The molecule has 1 N–H and O–H groups in total. The van der Waals surface area contributed by atoms with Crippen molar-refractivity contribution in [1.82, 2.24) is 19.5 Å². The van der Waals surface area contributed by atoms with Gasteiger partial charge in [0.2, 0.25) is 0 Å². The van der Waals surface area contributed by atoms with E-state index in [4.69, 9.17) is 19.4 Å². The lowest BCUT2D eigenvalue weighted by molar-refractivity contribution is 0.477. The van der Waals surface area contributed by atoms with Gasteiger partial charge in [0, 0.05) is 57.0 Å². The zero-order chi connectivity index (χ0) is 40.6. The number of aromatic nitrogens is 4. The first kappa shape index (κ1) is 36.3. The molecule has 0 fully saturated rings. The van der Waals surface area contributed by atoms with E-state index in [1.54, 1.807) is 18.5 Å². The van der Waals surface area contributed by atoms with Crippen LogP contribution in [0, 0.1) is 0 Å². The standard InChI is InChI=1S/C53H44N4O2/c1-52(2,3)35-22-23-44(39(27-35)32-14-8-7-9-15-32)57-45-20-13-19-38(41-30-42-37-18-10-11-21-47(37)59-48(42)31-46(41)58)50(45)56-51(57)34-17-12-16-33(26-34)40-28-36(53(4,5)6)29-43-49(40)55-25-24-54-43/h7-31,58H,1-6H3. The molecule has 0 amide bonds. The third kappa shape index (κ3) is 6.23. The molecule has 10 aromatic rings. The zero-order valence-corrected chi connectivity index (χ0v) is 34.1. The maximum absolute atomic E-state index is 11.7. The average Bonchev–Trinajstić information content (AvgIpc) is 3.81. The molecular formula is C53H44N4O2. The fourth-order valence-corrected chi connectivity index (χ4v) is 8.33. The largest absolute Gasteiger partial charge is 0.507 e. The molecule has 0 spiro atoms. The van der Waals surface area contributed by atoms with Crippen LogP contribution < -0.4 is 0 Å². The first-order valence-corrected chi connectivity index (χ1v) is 20.1. The van der Waals surface area contributed by atoms with Crippen LogP contribution in [0.15, 0.2) is 156 Å². The number of hydrogen-bond acceptors (Lipinski definition) is 5. The molecule has 0 saturated heterocycles. The molecule has 0 aliphatic rings. The van der Waals surface area contributed by atoms with E-state index in [1.807, 2.05) is 30.3 Å². The van der Waals surface area contributed by atoms with Crippen molar-refractivity contribution in [3.05, 3.63) is 163 Å². The highest BCUT2D eigenvalue weighted by molar-refractivity contribution is 6.09. The van der Waals surface area contributed by atoms with E-state index in [-0.39, 0.29) is 16.6 Å². The first-order chi connectivity index (χ1) is 28.4. The van der Waals surface area contributed by atoms with Gasteiger partial charge in [-0.1, -0.05) is 126 Å². The Morgan fingerprint density at radius 1 is 0.508 bits per heavy atom. The van der Waals surface area contributed by atoms with Gasteiger partial charge in [0.05, 0.1) is 27.8 Å². The van der Waals surface area contributed by atoms with E-state index in [9.17, 15) is 5.11 Å². The lowest BCUT2D eigenvalue weighted by Gasteiger charge is -2.23. The number of para-hydroxylation sites is 2. The minimum Gasteiger partial charge on any atom is -0.507 e. The number of nitrogens with zero attached hydrogens (tertiary/aromatic N) is 4. The Morgan fingerprint density at radius 3 is 2.03 bits per heavy atom. The Kier molecular flexibility index (Phi) is 8.32. The highest BCUT2D eigenvalue weighted by Crippen LogP contribution is 2.44. The van der Waals surface area contributed by atoms with Crippen LogP contribution in [0.25, 0.3) is 94.5 Å². The molecule has 7 aromatic carbocycles. The minimum absolute atomic E-state index is 0.0654. The second-order valence-electron chi connectivity index (χ2n) is 17.5. The van der Waals surface area contributed by atoms with Crippen molar-refractivity contribution in [3.63, 3.8) is 0 Å². The normalized spacial score (nSPS) is 12.3. The van der Waals surface area contributed by atoms with Gasteiger partial charge in [-0.3, -0.25) is 14.5 Å². The summed E-state index contributed by atoms with van der Waals surface area (Å²) in [4.78, 5) is 15.1. The van der Waals surface area contributed by atoms with Gasteiger partial charge in [-0.2, -0.15) is 0 Å². The molecule has 0 bridgehead atoms. The zero-order valence-electron chi connectivity index (χ0n) is 34.1. The molecule has 10 rings (SSSR count). The van der Waals surface area contributed by atoms with Crippen molar-refractivity contribution < 1.29 is 9.52 Å². The van der Waals surface area contributed by atoms with Crippen molar-refractivity contribution >= 4 is 44.0 Å². The van der Waals surface area contributed by atoms with Crippen molar-refractivity contribution in [3.8, 4) is 56.2 Å². The van der Waals surface area contributed by atoms with Crippen LogP contribution >= 0.6 is 0 Å². The van der Waals surface area contributed by atoms with E-state index >= 15 is 0 Å². The summed E-state index contributed by atoms with van der Waals surface area (Å²) in [5.74, 6) is 0.917. The first-order valence-electron chi connectivity index (χ1n) is 20.1. The second kappa shape index (κ2) is 13.5. The van der Waals surface area contributed by atoms with Gasteiger partial charge in [0.15, 0.2) is 0 Å². The maximum Gasteiger partial charge on any atom is 0.145 e. The minimum atomic E-state index is -0.0904.